The predicted octanol–water partition coefficient (Wildman–Crippen LogP) is -0.170. The molecule has 2 amide bonds. The Hall–Kier alpha value is -1.26. The van der Waals surface area contributed by atoms with Crippen LogP contribution in [0, 0.1) is 23.7 Å². The molecule has 0 radical (unpaired) electrons. The largest absolute Gasteiger partial charge is 0.396 e. The van der Waals surface area contributed by atoms with Crippen LogP contribution in [0.4, 0.5) is 0 Å². The first-order valence-corrected chi connectivity index (χ1v) is 12.6. The summed E-state index contributed by atoms with van der Waals surface area (Å²) in [4.78, 5) is 29.9. The molecule has 1 saturated carbocycles. The molecule has 1 aliphatic carbocycles. The first kappa shape index (κ1) is 23.9. The lowest BCUT2D eigenvalue weighted by molar-refractivity contribution is -0.144. The zero-order valence-corrected chi connectivity index (χ0v) is 19.7. The van der Waals surface area contributed by atoms with Crippen LogP contribution in [0.1, 0.15) is 51.9 Å². The maximum absolute atomic E-state index is 13.0. The number of carbonyl (C=O) groups excluding carboxylic acids is 2. The zero-order chi connectivity index (χ0) is 22.7. The Kier molecular flexibility index (Phi) is 8.04. The molecule has 9 heteroatoms. The van der Waals surface area contributed by atoms with E-state index in [1.54, 1.807) is 0 Å². The van der Waals surface area contributed by atoms with Crippen molar-refractivity contribution in [2.24, 2.45) is 23.7 Å². The number of piperidine rings is 1. The smallest absolute Gasteiger partial charge is 0.237 e. The normalized spacial score (nSPS) is 35.3. The van der Waals surface area contributed by atoms with Crippen molar-refractivity contribution in [2.75, 3.05) is 40.0 Å². The van der Waals surface area contributed by atoms with Gasteiger partial charge in [0.25, 0.3) is 0 Å². The second-order valence-corrected chi connectivity index (χ2v) is 10.6. The van der Waals surface area contributed by atoms with Gasteiger partial charge in [-0.3, -0.25) is 14.5 Å². The molecule has 4 fully saturated rings. The quantitative estimate of drug-likeness (QED) is 0.366. The van der Waals surface area contributed by atoms with Crippen molar-refractivity contribution in [1.29, 1.82) is 0 Å². The molecule has 5 N–H and O–H groups in total. The molecule has 9 nitrogen and oxygen atoms in total. The van der Waals surface area contributed by atoms with Crippen LogP contribution in [-0.2, 0) is 9.59 Å². The highest BCUT2D eigenvalue weighted by Crippen LogP contribution is 2.33. The average molecular weight is 451 g/mol. The van der Waals surface area contributed by atoms with Crippen LogP contribution in [0.2, 0.25) is 0 Å². The summed E-state index contributed by atoms with van der Waals surface area (Å²) in [5.74, 6) is 1.57. The molecular weight excluding hydrogens is 408 g/mol. The van der Waals surface area contributed by atoms with Crippen molar-refractivity contribution in [3.05, 3.63) is 0 Å². The van der Waals surface area contributed by atoms with Gasteiger partial charge in [0.05, 0.1) is 18.9 Å². The van der Waals surface area contributed by atoms with E-state index in [1.165, 1.54) is 6.42 Å². The zero-order valence-electron chi connectivity index (χ0n) is 19.7. The number of hydrogen-bond donors (Lipinski definition) is 5. The third-order valence-corrected chi connectivity index (χ3v) is 8.19. The lowest BCUT2D eigenvalue weighted by Crippen LogP contribution is -2.57. The van der Waals surface area contributed by atoms with E-state index >= 15 is 0 Å². The monoisotopic (exact) mass is 450 g/mol. The lowest BCUT2D eigenvalue weighted by atomic mass is 9.77. The van der Waals surface area contributed by atoms with Crippen LogP contribution in [0.3, 0.4) is 0 Å². The Bertz CT molecular complexity index is 658. The van der Waals surface area contributed by atoms with Crippen molar-refractivity contribution >= 4 is 11.8 Å². The van der Waals surface area contributed by atoms with Crippen LogP contribution in [0.5, 0.6) is 0 Å². The summed E-state index contributed by atoms with van der Waals surface area (Å²) in [5, 5.41) is 15.8. The summed E-state index contributed by atoms with van der Waals surface area (Å²) in [6, 6.07) is -0.0532. The van der Waals surface area contributed by atoms with Crippen LogP contribution in [0.25, 0.3) is 0 Å². The molecule has 0 aromatic rings. The fourth-order valence-corrected chi connectivity index (χ4v) is 5.93. The first-order valence-electron chi connectivity index (χ1n) is 12.6. The first-order chi connectivity index (χ1) is 15.4. The lowest BCUT2D eigenvalue weighted by Gasteiger charge is -2.42. The molecule has 3 aliphatic heterocycles. The standard InChI is InChI=1S/C23H42N6O3/c1-15(8-21-27-25-14-28(21)2)17-4-3-5-19(9-17)26-22(31)20-10-18(6-7-24-20)23(32)29-11-16(12-29)13-30/h15-21,24-25,27,30H,3-14H2,1-2H3,(H,26,31)/t15-,17?,18?,19?,20?,21?/m1/s1. The Morgan fingerprint density at radius 2 is 2.00 bits per heavy atom. The summed E-state index contributed by atoms with van der Waals surface area (Å²) in [5.41, 5.74) is 6.56. The molecule has 0 aromatic carbocycles. The van der Waals surface area contributed by atoms with E-state index in [9.17, 15) is 14.7 Å². The molecule has 0 bridgehead atoms. The van der Waals surface area contributed by atoms with E-state index < -0.39 is 0 Å². The minimum absolute atomic E-state index is 0.0547. The van der Waals surface area contributed by atoms with Crippen LogP contribution >= 0.6 is 0 Å². The van der Waals surface area contributed by atoms with Crippen molar-refractivity contribution < 1.29 is 14.7 Å². The molecule has 182 valence electrons. The van der Waals surface area contributed by atoms with E-state index in [0.717, 1.165) is 38.8 Å². The van der Waals surface area contributed by atoms with Gasteiger partial charge in [0.15, 0.2) is 0 Å². The van der Waals surface area contributed by atoms with Gasteiger partial charge in [0, 0.05) is 37.6 Å². The number of nitrogens with one attached hydrogen (secondary N) is 4. The summed E-state index contributed by atoms with van der Waals surface area (Å²) in [6.45, 7) is 5.37. The third-order valence-electron chi connectivity index (χ3n) is 8.19. The van der Waals surface area contributed by atoms with E-state index in [-0.39, 0.29) is 42.3 Å². The van der Waals surface area contributed by atoms with Gasteiger partial charge < -0.3 is 20.6 Å². The fraction of sp³-hybridized carbons (Fsp3) is 0.913. The van der Waals surface area contributed by atoms with E-state index in [1.807, 2.05) is 4.90 Å². The number of hydrazine groups is 1. The fourth-order valence-electron chi connectivity index (χ4n) is 5.93. The highest BCUT2D eigenvalue weighted by Gasteiger charge is 2.38. The maximum atomic E-state index is 13.0. The number of carbonyl (C=O) groups is 2. The van der Waals surface area contributed by atoms with Gasteiger partial charge in [0.2, 0.25) is 11.8 Å². The molecule has 3 heterocycles. The van der Waals surface area contributed by atoms with Gasteiger partial charge in [-0.05, 0) is 57.5 Å². The van der Waals surface area contributed by atoms with E-state index in [0.29, 0.717) is 44.1 Å². The molecule has 6 atom stereocenters. The Morgan fingerprint density at radius 1 is 1.19 bits per heavy atom. The number of rotatable bonds is 7. The summed E-state index contributed by atoms with van der Waals surface area (Å²) in [7, 11) is 2.14. The molecule has 0 spiro atoms. The van der Waals surface area contributed by atoms with Gasteiger partial charge in [-0.2, -0.15) is 0 Å². The second-order valence-electron chi connectivity index (χ2n) is 10.6. The van der Waals surface area contributed by atoms with Gasteiger partial charge in [-0.1, -0.05) is 19.8 Å². The molecule has 4 aliphatic rings. The average Bonchev–Trinajstić information content (AvgIpc) is 3.17. The van der Waals surface area contributed by atoms with Crippen molar-refractivity contribution in [3.8, 4) is 0 Å². The van der Waals surface area contributed by atoms with Gasteiger partial charge >= 0.3 is 0 Å². The molecule has 0 aromatic heterocycles. The number of likely N-dealkylation sites (tertiary alicyclic amines) is 1. The molecule has 5 unspecified atom stereocenters. The highest BCUT2D eigenvalue weighted by atomic mass is 16.3. The Labute approximate surface area is 192 Å². The van der Waals surface area contributed by atoms with Crippen LogP contribution in [-0.4, -0.2) is 84.9 Å². The number of aliphatic hydroxyl groups is 1. The van der Waals surface area contributed by atoms with Crippen molar-refractivity contribution in [1.82, 2.24) is 31.3 Å². The molecular formula is C23H42N6O3. The summed E-state index contributed by atoms with van der Waals surface area (Å²) in [6.07, 6.45) is 7.32. The summed E-state index contributed by atoms with van der Waals surface area (Å²) < 4.78 is 0. The van der Waals surface area contributed by atoms with Crippen molar-refractivity contribution in [3.63, 3.8) is 0 Å². The number of amides is 2. The van der Waals surface area contributed by atoms with Gasteiger partial charge in [-0.15, -0.1) is 0 Å². The molecule has 3 saturated heterocycles. The van der Waals surface area contributed by atoms with Crippen LogP contribution in [0.15, 0.2) is 0 Å². The molecule has 32 heavy (non-hydrogen) atoms. The SMILES string of the molecule is C[C@H](CC1NNCN1C)C1CCCC(NC(=O)C2CC(C(=O)N3CC(CO)C3)CCN2)C1. The maximum Gasteiger partial charge on any atom is 0.237 e. The summed E-state index contributed by atoms with van der Waals surface area (Å²) >= 11 is 0. The second kappa shape index (κ2) is 10.8. The van der Waals surface area contributed by atoms with Gasteiger partial charge in [0.1, 0.15) is 0 Å². The van der Waals surface area contributed by atoms with Crippen molar-refractivity contribution in [2.45, 2.75) is 70.1 Å². The molecule has 4 rings (SSSR count). The van der Waals surface area contributed by atoms with Gasteiger partial charge in [-0.25, -0.2) is 10.9 Å². The Morgan fingerprint density at radius 3 is 2.72 bits per heavy atom. The number of aliphatic hydroxyl groups excluding tert-OH is 1. The van der Waals surface area contributed by atoms with Crippen LogP contribution < -0.4 is 21.5 Å². The van der Waals surface area contributed by atoms with E-state index in [4.69, 9.17) is 0 Å². The number of hydrogen-bond acceptors (Lipinski definition) is 7. The number of nitrogens with zero attached hydrogens (tertiary/aromatic N) is 2. The minimum atomic E-state index is -0.284. The highest BCUT2D eigenvalue weighted by molar-refractivity contribution is 5.85. The Balaban J connectivity index is 1.23. The topological polar surface area (TPSA) is 109 Å². The third kappa shape index (κ3) is 5.62. The van der Waals surface area contributed by atoms with E-state index in [2.05, 4.69) is 40.4 Å². The predicted molar refractivity (Wildman–Crippen MR) is 122 cm³/mol. The minimum Gasteiger partial charge on any atom is -0.396 e.